The number of hydrogen-bond acceptors (Lipinski definition) is 4. The molecule has 1 heterocycles. The van der Waals surface area contributed by atoms with Gasteiger partial charge in [0.2, 0.25) is 0 Å². The summed E-state index contributed by atoms with van der Waals surface area (Å²) in [6.45, 7) is 1.44. The highest BCUT2D eigenvalue weighted by Gasteiger charge is 2.22. The SMILES string of the molecule is COC(=O)c1ccccc1N1CCCC(O)C1. The molecule has 1 unspecified atom stereocenters. The van der Waals surface area contributed by atoms with Crippen LogP contribution in [0.15, 0.2) is 24.3 Å². The largest absolute Gasteiger partial charge is 0.465 e. The van der Waals surface area contributed by atoms with Crippen LogP contribution in [0.3, 0.4) is 0 Å². The first-order valence-electron chi connectivity index (χ1n) is 5.82. The summed E-state index contributed by atoms with van der Waals surface area (Å²) in [5.74, 6) is -0.333. The maximum Gasteiger partial charge on any atom is 0.339 e. The van der Waals surface area contributed by atoms with Crippen LogP contribution >= 0.6 is 0 Å². The number of aliphatic hydroxyl groups is 1. The Bertz CT molecular complexity index is 405. The molecule has 0 saturated carbocycles. The lowest BCUT2D eigenvalue weighted by molar-refractivity contribution is 0.0600. The Hall–Kier alpha value is -1.55. The molecule has 92 valence electrons. The summed E-state index contributed by atoms with van der Waals surface area (Å²) >= 11 is 0. The van der Waals surface area contributed by atoms with E-state index in [-0.39, 0.29) is 12.1 Å². The molecule has 0 aromatic heterocycles. The lowest BCUT2D eigenvalue weighted by atomic mass is 10.1. The first-order chi connectivity index (χ1) is 8.22. The lowest BCUT2D eigenvalue weighted by Crippen LogP contribution is -2.39. The molecule has 0 spiro atoms. The van der Waals surface area contributed by atoms with E-state index in [0.717, 1.165) is 25.1 Å². The molecular formula is C13H17NO3. The van der Waals surface area contributed by atoms with Crippen molar-refractivity contribution in [3.63, 3.8) is 0 Å². The molecule has 1 atom stereocenters. The fourth-order valence-electron chi connectivity index (χ4n) is 2.21. The molecule has 4 heteroatoms. The van der Waals surface area contributed by atoms with Crippen molar-refractivity contribution >= 4 is 11.7 Å². The fourth-order valence-corrected chi connectivity index (χ4v) is 2.21. The topological polar surface area (TPSA) is 49.8 Å². The molecule has 1 aromatic carbocycles. The summed E-state index contributed by atoms with van der Waals surface area (Å²) < 4.78 is 4.77. The summed E-state index contributed by atoms with van der Waals surface area (Å²) in [6.07, 6.45) is 1.46. The minimum atomic E-state index is -0.333. The zero-order valence-electron chi connectivity index (χ0n) is 9.93. The molecule has 1 saturated heterocycles. The highest BCUT2D eigenvalue weighted by molar-refractivity contribution is 5.95. The Morgan fingerprint density at radius 3 is 2.94 bits per heavy atom. The van der Waals surface area contributed by atoms with E-state index >= 15 is 0 Å². The number of carbonyl (C=O) groups excluding carboxylic acids is 1. The number of ether oxygens (including phenoxy) is 1. The standard InChI is InChI=1S/C13H17NO3/c1-17-13(16)11-6-2-3-7-12(11)14-8-4-5-10(15)9-14/h2-3,6-7,10,15H,4-5,8-9H2,1H3. The summed E-state index contributed by atoms with van der Waals surface area (Å²) in [6, 6.07) is 7.35. The maximum absolute atomic E-state index is 11.6. The summed E-state index contributed by atoms with van der Waals surface area (Å²) in [4.78, 5) is 13.7. The highest BCUT2D eigenvalue weighted by atomic mass is 16.5. The molecule has 0 aliphatic carbocycles. The number of methoxy groups -OCH3 is 1. The Kier molecular flexibility index (Phi) is 3.64. The van der Waals surface area contributed by atoms with Crippen molar-refractivity contribution in [3.8, 4) is 0 Å². The molecule has 0 bridgehead atoms. The van der Waals surface area contributed by atoms with Gasteiger partial charge in [-0.05, 0) is 25.0 Å². The molecule has 1 aliphatic rings. The number of piperidine rings is 1. The third-order valence-electron chi connectivity index (χ3n) is 3.05. The third kappa shape index (κ3) is 2.58. The fraction of sp³-hybridized carbons (Fsp3) is 0.462. The summed E-state index contributed by atoms with van der Waals surface area (Å²) in [7, 11) is 1.38. The van der Waals surface area contributed by atoms with Crippen molar-refractivity contribution in [1.29, 1.82) is 0 Å². The van der Waals surface area contributed by atoms with Gasteiger partial charge in [-0.25, -0.2) is 4.79 Å². The zero-order chi connectivity index (χ0) is 12.3. The summed E-state index contributed by atoms with van der Waals surface area (Å²) in [5, 5.41) is 9.67. The van der Waals surface area contributed by atoms with Crippen LogP contribution in [-0.2, 0) is 4.74 Å². The number of anilines is 1. The van der Waals surface area contributed by atoms with Gasteiger partial charge in [0.1, 0.15) is 0 Å². The van der Waals surface area contributed by atoms with Gasteiger partial charge >= 0.3 is 5.97 Å². The molecule has 17 heavy (non-hydrogen) atoms. The molecule has 4 nitrogen and oxygen atoms in total. The number of aliphatic hydroxyl groups excluding tert-OH is 1. The molecular weight excluding hydrogens is 218 g/mol. The minimum absolute atomic E-state index is 0.311. The molecule has 1 N–H and O–H groups in total. The second-order valence-corrected chi connectivity index (χ2v) is 4.25. The number of hydrogen-bond donors (Lipinski definition) is 1. The molecule has 0 amide bonds. The van der Waals surface area contributed by atoms with Gasteiger partial charge in [0.15, 0.2) is 0 Å². The maximum atomic E-state index is 11.6. The Morgan fingerprint density at radius 1 is 1.47 bits per heavy atom. The molecule has 0 radical (unpaired) electrons. The van der Waals surface area contributed by atoms with Crippen LogP contribution in [0.25, 0.3) is 0 Å². The van der Waals surface area contributed by atoms with Crippen LogP contribution in [0.5, 0.6) is 0 Å². The number of carbonyl (C=O) groups is 1. The number of rotatable bonds is 2. The Labute approximate surface area is 101 Å². The Morgan fingerprint density at radius 2 is 2.24 bits per heavy atom. The van der Waals surface area contributed by atoms with Crippen molar-refractivity contribution in [3.05, 3.63) is 29.8 Å². The van der Waals surface area contributed by atoms with Crippen LogP contribution in [0.2, 0.25) is 0 Å². The highest BCUT2D eigenvalue weighted by Crippen LogP contribution is 2.24. The van der Waals surface area contributed by atoms with Gasteiger partial charge in [0, 0.05) is 13.1 Å². The van der Waals surface area contributed by atoms with Crippen molar-refractivity contribution in [2.24, 2.45) is 0 Å². The van der Waals surface area contributed by atoms with Crippen LogP contribution in [0.4, 0.5) is 5.69 Å². The smallest absolute Gasteiger partial charge is 0.339 e. The van der Waals surface area contributed by atoms with E-state index in [9.17, 15) is 9.90 Å². The van der Waals surface area contributed by atoms with E-state index in [1.807, 2.05) is 23.1 Å². The van der Waals surface area contributed by atoms with Crippen LogP contribution in [0, 0.1) is 0 Å². The predicted octanol–water partition coefficient (Wildman–Crippen LogP) is 1.43. The van der Waals surface area contributed by atoms with Crippen LogP contribution in [0.1, 0.15) is 23.2 Å². The van der Waals surface area contributed by atoms with Gasteiger partial charge < -0.3 is 14.7 Å². The average molecular weight is 235 g/mol. The normalized spacial score (nSPS) is 20.1. The zero-order valence-corrected chi connectivity index (χ0v) is 9.93. The van der Waals surface area contributed by atoms with E-state index in [0.29, 0.717) is 12.1 Å². The molecule has 1 fully saturated rings. The van der Waals surface area contributed by atoms with E-state index < -0.39 is 0 Å². The first-order valence-corrected chi connectivity index (χ1v) is 5.82. The second-order valence-electron chi connectivity index (χ2n) is 4.25. The Balaban J connectivity index is 2.27. The van der Waals surface area contributed by atoms with Crippen molar-refractivity contribution < 1.29 is 14.6 Å². The van der Waals surface area contributed by atoms with Gasteiger partial charge in [0.05, 0.1) is 24.5 Å². The molecule has 1 aliphatic heterocycles. The van der Waals surface area contributed by atoms with Gasteiger partial charge in [-0.2, -0.15) is 0 Å². The van der Waals surface area contributed by atoms with E-state index in [4.69, 9.17) is 4.74 Å². The first kappa shape index (κ1) is 11.9. The molecule has 1 aromatic rings. The predicted molar refractivity (Wildman–Crippen MR) is 65.2 cm³/mol. The average Bonchev–Trinajstić information content (AvgIpc) is 2.38. The number of β-amino-alcohol motifs (C(OH)–C–C–N with tert-alkyl or cyclic N) is 1. The van der Waals surface area contributed by atoms with E-state index in [2.05, 4.69) is 0 Å². The second kappa shape index (κ2) is 5.19. The third-order valence-corrected chi connectivity index (χ3v) is 3.05. The minimum Gasteiger partial charge on any atom is -0.465 e. The monoisotopic (exact) mass is 235 g/mol. The number of para-hydroxylation sites is 1. The van der Waals surface area contributed by atoms with Crippen LogP contribution in [-0.4, -0.2) is 37.4 Å². The quantitative estimate of drug-likeness (QED) is 0.788. The van der Waals surface area contributed by atoms with E-state index in [1.165, 1.54) is 7.11 Å². The molecule has 2 rings (SSSR count). The number of esters is 1. The van der Waals surface area contributed by atoms with Crippen LogP contribution < -0.4 is 4.90 Å². The lowest BCUT2D eigenvalue weighted by Gasteiger charge is -2.32. The van der Waals surface area contributed by atoms with Crippen molar-refractivity contribution in [2.45, 2.75) is 18.9 Å². The van der Waals surface area contributed by atoms with Gasteiger partial charge in [-0.3, -0.25) is 0 Å². The van der Waals surface area contributed by atoms with Gasteiger partial charge in [-0.1, -0.05) is 12.1 Å². The van der Waals surface area contributed by atoms with Gasteiger partial charge in [0.25, 0.3) is 0 Å². The van der Waals surface area contributed by atoms with Crippen molar-refractivity contribution in [1.82, 2.24) is 0 Å². The van der Waals surface area contributed by atoms with E-state index in [1.54, 1.807) is 6.07 Å². The van der Waals surface area contributed by atoms with Crippen molar-refractivity contribution in [2.75, 3.05) is 25.1 Å². The number of benzene rings is 1. The van der Waals surface area contributed by atoms with Gasteiger partial charge in [-0.15, -0.1) is 0 Å². The number of nitrogens with zero attached hydrogens (tertiary/aromatic N) is 1. The summed E-state index contributed by atoms with van der Waals surface area (Å²) in [5.41, 5.74) is 1.40.